The molecule has 1 amide bonds. The molecule has 0 aliphatic carbocycles. The van der Waals surface area contributed by atoms with Gasteiger partial charge in [-0.15, -0.1) is 11.3 Å². The van der Waals surface area contributed by atoms with Crippen molar-refractivity contribution in [2.75, 3.05) is 13.7 Å². The molecule has 0 aliphatic rings. The summed E-state index contributed by atoms with van der Waals surface area (Å²) in [6.07, 6.45) is 1.24. The lowest BCUT2D eigenvalue weighted by molar-refractivity contribution is -0.120. The van der Waals surface area contributed by atoms with Crippen molar-refractivity contribution in [3.8, 4) is 5.75 Å². The van der Waals surface area contributed by atoms with E-state index in [1.54, 1.807) is 18.4 Å². The summed E-state index contributed by atoms with van der Waals surface area (Å²) in [7, 11) is 1.64. The third-order valence-corrected chi connectivity index (χ3v) is 4.84. The van der Waals surface area contributed by atoms with Crippen molar-refractivity contribution in [2.45, 2.75) is 19.8 Å². The molecule has 0 atom stereocenters. The van der Waals surface area contributed by atoms with Gasteiger partial charge in [-0.25, -0.2) is 0 Å². The van der Waals surface area contributed by atoms with E-state index in [9.17, 15) is 4.79 Å². The fourth-order valence-electron chi connectivity index (χ4n) is 2.03. The standard InChI is InChI=1S/C16H18BrNO2S/c1-11-3-4-12(9-14(11)20-2)10-16(19)18-8-7-13-5-6-15(17)21-13/h3-6,9H,7-8,10H2,1-2H3,(H,18,19). The number of rotatable bonds is 6. The average molecular weight is 368 g/mol. The molecule has 21 heavy (non-hydrogen) atoms. The van der Waals surface area contributed by atoms with Crippen LogP contribution in [0.2, 0.25) is 0 Å². The van der Waals surface area contributed by atoms with Gasteiger partial charge in [-0.05, 0) is 58.6 Å². The molecule has 0 bridgehead atoms. The zero-order valence-corrected chi connectivity index (χ0v) is 14.5. The first-order valence-corrected chi connectivity index (χ1v) is 8.34. The van der Waals surface area contributed by atoms with E-state index in [1.807, 2.05) is 31.2 Å². The highest BCUT2D eigenvalue weighted by atomic mass is 79.9. The lowest BCUT2D eigenvalue weighted by Crippen LogP contribution is -2.27. The first-order valence-electron chi connectivity index (χ1n) is 6.73. The van der Waals surface area contributed by atoms with Crippen LogP contribution in [-0.2, 0) is 17.6 Å². The Balaban J connectivity index is 1.81. The molecule has 1 aromatic carbocycles. The van der Waals surface area contributed by atoms with Gasteiger partial charge in [0, 0.05) is 11.4 Å². The molecule has 0 unspecified atom stereocenters. The minimum absolute atomic E-state index is 0.0385. The van der Waals surface area contributed by atoms with Crippen LogP contribution >= 0.6 is 27.3 Å². The first-order chi connectivity index (χ1) is 10.1. The quantitative estimate of drug-likeness (QED) is 0.844. The van der Waals surface area contributed by atoms with E-state index in [0.29, 0.717) is 13.0 Å². The fourth-order valence-corrected chi connectivity index (χ4v) is 3.52. The number of methoxy groups -OCH3 is 1. The molecular weight excluding hydrogens is 350 g/mol. The summed E-state index contributed by atoms with van der Waals surface area (Å²) in [5, 5.41) is 2.95. The number of amides is 1. The molecule has 0 fully saturated rings. The Morgan fingerprint density at radius 3 is 2.81 bits per heavy atom. The number of ether oxygens (including phenoxy) is 1. The maximum Gasteiger partial charge on any atom is 0.224 e. The van der Waals surface area contributed by atoms with Gasteiger partial charge >= 0.3 is 0 Å². The number of aryl methyl sites for hydroxylation is 1. The molecule has 0 saturated heterocycles. The van der Waals surface area contributed by atoms with Gasteiger partial charge in [-0.3, -0.25) is 4.79 Å². The molecule has 2 rings (SSSR count). The van der Waals surface area contributed by atoms with Gasteiger partial charge in [-0.2, -0.15) is 0 Å². The second-order valence-electron chi connectivity index (χ2n) is 4.79. The number of halogens is 1. The molecule has 1 heterocycles. The topological polar surface area (TPSA) is 38.3 Å². The van der Waals surface area contributed by atoms with Crippen LogP contribution in [0.3, 0.4) is 0 Å². The number of nitrogens with one attached hydrogen (secondary N) is 1. The maximum absolute atomic E-state index is 11.9. The number of carbonyl (C=O) groups is 1. The molecule has 0 spiro atoms. The SMILES string of the molecule is COc1cc(CC(=O)NCCc2ccc(Br)s2)ccc1C. The lowest BCUT2D eigenvalue weighted by Gasteiger charge is -2.08. The molecule has 0 aliphatic heterocycles. The maximum atomic E-state index is 11.9. The van der Waals surface area contributed by atoms with Crippen molar-refractivity contribution in [3.63, 3.8) is 0 Å². The van der Waals surface area contributed by atoms with E-state index >= 15 is 0 Å². The van der Waals surface area contributed by atoms with Crippen molar-refractivity contribution in [1.82, 2.24) is 5.32 Å². The van der Waals surface area contributed by atoms with Gasteiger partial charge in [0.05, 0.1) is 17.3 Å². The van der Waals surface area contributed by atoms with Gasteiger partial charge < -0.3 is 10.1 Å². The van der Waals surface area contributed by atoms with Crippen LogP contribution in [0.5, 0.6) is 5.75 Å². The van der Waals surface area contributed by atoms with Crippen molar-refractivity contribution in [3.05, 3.63) is 50.1 Å². The minimum Gasteiger partial charge on any atom is -0.496 e. The van der Waals surface area contributed by atoms with Crippen molar-refractivity contribution in [1.29, 1.82) is 0 Å². The summed E-state index contributed by atoms with van der Waals surface area (Å²) >= 11 is 5.13. The monoisotopic (exact) mass is 367 g/mol. The largest absolute Gasteiger partial charge is 0.496 e. The first kappa shape index (κ1) is 16.0. The zero-order chi connectivity index (χ0) is 15.2. The van der Waals surface area contributed by atoms with Gasteiger partial charge in [-0.1, -0.05) is 12.1 Å². The Morgan fingerprint density at radius 2 is 2.14 bits per heavy atom. The summed E-state index contributed by atoms with van der Waals surface area (Å²) in [6, 6.07) is 9.97. The Morgan fingerprint density at radius 1 is 1.33 bits per heavy atom. The Bertz CT molecular complexity index is 624. The second-order valence-corrected chi connectivity index (χ2v) is 7.33. The van der Waals surface area contributed by atoms with Crippen molar-refractivity contribution >= 4 is 33.2 Å². The van der Waals surface area contributed by atoms with E-state index in [2.05, 4.69) is 27.3 Å². The highest BCUT2D eigenvalue weighted by molar-refractivity contribution is 9.11. The smallest absolute Gasteiger partial charge is 0.224 e. The Hall–Kier alpha value is -1.33. The van der Waals surface area contributed by atoms with Crippen molar-refractivity contribution in [2.24, 2.45) is 0 Å². The number of thiophene rings is 1. The van der Waals surface area contributed by atoms with Crippen LogP contribution in [0.1, 0.15) is 16.0 Å². The third kappa shape index (κ3) is 4.86. The van der Waals surface area contributed by atoms with E-state index in [0.717, 1.165) is 27.1 Å². The van der Waals surface area contributed by atoms with Crippen LogP contribution in [0.4, 0.5) is 0 Å². The number of benzene rings is 1. The van der Waals surface area contributed by atoms with E-state index < -0.39 is 0 Å². The molecule has 0 radical (unpaired) electrons. The van der Waals surface area contributed by atoms with E-state index in [4.69, 9.17) is 4.74 Å². The minimum atomic E-state index is 0.0385. The van der Waals surface area contributed by atoms with Crippen LogP contribution in [-0.4, -0.2) is 19.6 Å². The molecule has 0 saturated carbocycles. The van der Waals surface area contributed by atoms with Crippen LogP contribution < -0.4 is 10.1 Å². The lowest BCUT2D eigenvalue weighted by atomic mass is 10.1. The van der Waals surface area contributed by atoms with Crippen LogP contribution in [0.15, 0.2) is 34.1 Å². The van der Waals surface area contributed by atoms with Crippen molar-refractivity contribution < 1.29 is 9.53 Å². The van der Waals surface area contributed by atoms with Gasteiger partial charge in [0.25, 0.3) is 0 Å². The number of carbonyl (C=O) groups excluding carboxylic acids is 1. The van der Waals surface area contributed by atoms with Gasteiger partial charge in [0.2, 0.25) is 5.91 Å². The molecule has 5 heteroatoms. The molecule has 2 aromatic rings. The zero-order valence-electron chi connectivity index (χ0n) is 12.1. The summed E-state index contributed by atoms with van der Waals surface area (Å²) < 4.78 is 6.39. The van der Waals surface area contributed by atoms with E-state index in [1.165, 1.54) is 4.88 Å². The summed E-state index contributed by atoms with van der Waals surface area (Å²) in [5.74, 6) is 0.861. The molecule has 3 nitrogen and oxygen atoms in total. The van der Waals surface area contributed by atoms with Crippen LogP contribution in [0, 0.1) is 6.92 Å². The second kappa shape index (κ2) is 7.61. The molecule has 1 aromatic heterocycles. The fraction of sp³-hybridized carbons (Fsp3) is 0.312. The Labute approximate surface area is 137 Å². The van der Waals surface area contributed by atoms with Gasteiger partial charge in [0.15, 0.2) is 0 Å². The van der Waals surface area contributed by atoms with Gasteiger partial charge in [0.1, 0.15) is 5.75 Å². The summed E-state index contributed by atoms with van der Waals surface area (Å²) in [4.78, 5) is 13.2. The van der Waals surface area contributed by atoms with E-state index in [-0.39, 0.29) is 5.91 Å². The Kier molecular flexibility index (Phi) is 5.82. The number of hydrogen-bond acceptors (Lipinski definition) is 3. The summed E-state index contributed by atoms with van der Waals surface area (Å²) in [6.45, 7) is 2.65. The highest BCUT2D eigenvalue weighted by Gasteiger charge is 2.06. The third-order valence-electron chi connectivity index (χ3n) is 3.16. The molecular formula is C16H18BrNO2S. The molecule has 1 N–H and O–H groups in total. The molecule has 112 valence electrons. The summed E-state index contributed by atoms with van der Waals surface area (Å²) in [5.41, 5.74) is 2.04. The highest BCUT2D eigenvalue weighted by Crippen LogP contribution is 2.22. The average Bonchev–Trinajstić information content (AvgIpc) is 2.86. The predicted molar refractivity (Wildman–Crippen MR) is 90.2 cm³/mol. The number of hydrogen-bond donors (Lipinski definition) is 1. The normalized spacial score (nSPS) is 10.4. The van der Waals surface area contributed by atoms with Crippen LogP contribution in [0.25, 0.3) is 0 Å². The predicted octanol–water partition coefficient (Wildman–Crippen LogP) is 3.73.